The predicted molar refractivity (Wildman–Crippen MR) is 101 cm³/mol. The third kappa shape index (κ3) is 5.55. The molecule has 0 amide bonds. The lowest BCUT2D eigenvalue weighted by atomic mass is 10.1. The van der Waals surface area contributed by atoms with E-state index in [0.717, 1.165) is 18.5 Å². The van der Waals surface area contributed by atoms with Crippen molar-refractivity contribution in [3.8, 4) is 11.5 Å². The molecular formula is C18H21N3O2S. The van der Waals surface area contributed by atoms with E-state index in [4.69, 9.17) is 21.7 Å². The van der Waals surface area contributed by atoms with Gasteiger partial charge in [0.2, 0.25) is 0 Å². The quantitative estimate of drug-likeness (QED) is 0.460. The number of benzene rings is 2. The number of methoxy groups -OCH3 is 2. The Hall–Kier alpha value is -2.60. The highest BCUT2D eigenvalue weighted by Crippen LogP contribution is 2.26. The van der Waals surface area contributed by atoms with Crippen LogP contribution >= 0.6 is 12.2 Å². The molecule has 126 valence electrons. The molecule has 0 aliphatic rings. The number of hydrogen-bond acceptors (Lipinski definition) is 4. The Morgan fingerprint density at radius 3 is 2.54 bits per heavy atom. The van der Waals surface area contributed by atoms with Gasteiger partial charge in [0.1, 0.15) is 0 Å². The van der Waals surface area contributed by atoms with Crippen LogP contribution in [0.5, 0.6) is 11.5 Å². The predicted octanol–water partition coefficient (Wildman–Crippen LogP) is 2.74. The molecule has 2 N–H and O–H groups in total. The van der Waals surface area contributed by atoms with Gasteiger partial charge < -0.3 is 14.8 Å². The molecule has 6 heteroatoms. The molecule has 0 fully saturated rings. The van der Waals surface area contributed by atoms with E-state index >= 15 is 0 Å². The third-order valence-electron chi connectivity index (χ3n) is 3.33. The Morgan fingerprint density at radius 2 is 1.83 bits per heavy atom. The number of nitrogens with zero attached hydrogens (tertiary/aromatic N) is 1. The average molecular weight is 343 g/mol. The molecule has 0 saturated carbocycles. The molecule has 24 heavy (non-hydrogen) atoms. The van der Waals surface area contributed by atoms with Crippen molar-refractivity contribution in [2.75, 3.05) is 20.8 Å². The average Bonchev–Trinajstić information content (AvgIpc) is 2.62. The highest BCUT2D eigenvalue weighted by Gasteiger charge is 2.03. The topological polar surface area (TPSA) is 54.9 Å². The van der Waals surface area contributed by atoms with E-state index in [1.54, 1.807) is 20.4 Å². The van der Waals surface area contributed by atoms with Crippen molar-refractivity contribution in [1.29, 1.82) is 0 Å². The van der Waals surface area contributed by atoms with Gasteiger partial charge in [0.25, 0.3) is 0 Å². The van der Waals surface area contributed by atoms with E-state index in [9.17, 15) is 0 Å². The van der Waals surface area contributed by atoms with Crippen molar-refractivity contribution in [1.82, 2.24) is 10.7 Å². The maximum absolute atomic E-state index is 5.25. The van der Waals surface area contributed by atoms with Gasteiger partial charge in [-0.15, -0.1) is 0 Å². The zero-order chi connectivity index (χ0) is 17.2. The molecule has 0 bridgehead atoms. The van der Waals surface area contributed by atoms with Crippen LogP contribution in [0.4, 0.5) is 0 Å². The van der Waals surface area contributed by atoms with Gasteiger partial charge >= 0.3 is 0 Å². The molecule has 0 aliphatic heterocycles. The lowest BCUT2D eigenvalue weighted by molar-refractivity contribution is 0.355. The van der Waals surface area contributed by atoms with E-state index in [1.165, 1.54) is 5.56 Å². The minimum Gasteiger partial charge on any atom is -0.493 e. The number of thiocarbonyl (C=S) groups is 1. The van der Waals surface area contributed by atoms with Gasteiger partial charge in [-0.1, -0.05) is 30.3 Å². The summed E-state index contributed by atoms with van der Waals surface area (Å²) in [6.07, 6.45) is 2.58. The zero-order valence-electron chi connectivity index (χ0n) is 13.8. The molecule has 0 unspecified atom stereocenters. The fourth-order valence-corrected chi connectivity index (χ4v) is 2.26. The molecule has 2 rings (SSSR count). The van der Waals surface area contributed by atoms with Gasteiger partial charge in [-0.3, -0.25) is 5.43 Å². The normalized spacial score (nSPS) is 10.4. The lowest BCUT2D eigenvalue weighted by Crippen LogP contribution is -2.33. The fraction of sp³-hybridized carbons (Fsp3) is 0.222. The van der Waals surface area contributed by atoms with Crippen molar-refractivity contribution in [2.45, 2.75) is 6.42 Å². The molecule has 0 saturated heterocycles. The summed E-state index contributed by atoms with van der Waals surface area (Å²) < 4.78 is 10.5. The maximum Gasteiger partial charge on any atom is 0.186 e. The molecule has 0 radical (unpaired) electrons. The molecule has 2 aromatic carbocycles. The standard InChI is InChI=1S/C18H21N3O2S/c1-22-16-9-8-15(12-17(16)23-2)13-20-21-18(24)19-11-10-14-6-4-3-5-7-14/h3-9,12-13H,10-11H2,1-2H3,(H2,19,21,24)/b20-13-. The number of rotatable bonds is 7. The van der Waals surface area contributed by atoms with Crippen LogP contribution < -0.4 is 20.2 Å². The first kappa shape index (κ1) is 17.7. The maximum atomic E-state index is 5.25. The highest BCUT2D eigenvalue weighted by molar-refractivity contribution is 7.80. The Labute approximate surface area is 147 Å². The van der Waals surface area contributed by atoms with E-state index in [-0.39, 0.29) is 0 Å². The minimum absolute atomic E-state index is 0.489. The first-order valence-electron chi connectivity index (χ1n) is 7.56. The van der Waals surface area contributed by atoms with Crippen molar-refractivity contribution >= 4 is 23.5 Å². The van der Waals surface area contributed by atoms with Crippen molar-refractivity contribution in [3.63, 3.8) is 0 Å². The second kappa shape index (κ2) is 9.52. The Bertz CT molecular complexity index is 690. The van der Waals surface area contributed by atoms with Gasteiger partial charge in [0, 0.05) is 6.54 Å². The van der Waals surface area contributed by atoms with Gasteiger partial charge in [-0.05, 0) is 48.0 Å². The van der Waals surface area contributed by atoms with E-state index in [1.807, 2.05) is 36.4 Å². The molecular weight excluding hydrogens is 322 g/mol. The SMILES string of the molecule is COc1ccc(/C=N\NC(=S)NCCc2ccccc2)cc1OC. The van der Waals surface area contributed by atoms with Gasteiger partial charge in [-0.25, -0.2) is 0 Å². The summed E-state index contributed by atoms with van der Waals surface area (Å²) in [4.78, 5) is 0. The molecule has 5 nitrogen and oxygen atoms in total. The largest absolute Gasteiger partial charge is 0.493 e. The fourth-order valence-electron chi connectivity index (χ4n) is 2.10. The minimum atomic E-state index is 0.489. The van der Waals surface area contributed by atoms with Crippen molar-refractivity contribution in [2.24, 2.45) is 5.10 Å². The second-order valence-corrected chi connectivity index (χ2v) is 5.38. The Morgan fingerprint density at radius 1 is 1.08 bits per heavy atom. The summed E-state index contributed by atoms with van der Waals surface area (Å²) in [6.45, 7) is 0.752. The summed E-state index contributed by atoms with van der Waals surface area (Å²) in [5, 5.41) is 7.73. The molecule has 0 heterocycles. The van der Waals surface area contributed by atoms with E-state index in [2.05, 4.69) is 28.0 Å². The van der Waals surface area contributed by atoms with Crippen LogP contribution in [0.3, 0.4) is 0 Å². The monoisotopic (exact) mass is 343 g/mol. The van der Waals surface area contributed by atoms with Crippen LogP contribution in [0.25, 0.3) is 0 Å². The van der Waals surface area contributed by atoms with Crippen LogP contribution in [-0.2, 0) is 6.42 Å². The first-order valence-corrected chi connectivity index (χ1v) is 7.96. The van der Waals surface area contributed by atoms with Crippen molar-refractivity contribution < 1.29 is 9.47 Å². The highest BCUT2D eigenvalue weighted by atomic mass is 32.1. The van der Waals surface area contributed by atoms with Crippen LogP contribution in [0, 0.1) is 0 Å². The van der Waals surface area contributed by atoms with Crippen molar-refractivity contribution in [3.05, 3.63) is 59.7 Å². The lowest BCUT2D eigenvalue weighted by Gasteiger charge is -2.08. The summed E-state index contributed by atoms with van der Waals surface area (Å²) in [6, 6.07) is 15.8. The number of nitrogens with one attached hydrogen (secondary N) is 2. The number of hydrazone groups is 1. The van der Waals surface area contributed by atoms with Crippen LogP contribution in [0.2, 0.25) is 0 Å². The third-order valence-corrected chi connectivity index (χ3v) is 3.56. The summed E-state index contributed by atoms with van der Waals surface area (Å²) in [7, 11) is 3.20. The molecule has 0 spiro atoms. The number of ether oxygens (including phenoxy) is 2. The first-order chi connectivity index (χ1) is 11.7. The van der Waals surface area contributed by atoms with Gasteiger partial charge in [-0.2, -0.15) is 5.10 Å². The smallest absolute Gasteiger partial charge is 0.186 e. The van der Waals surface area contributed by atoms with Gasteiger partial charge in [0.05, 0.1) is 20.4 Å². The van der Waals surface area contributed by atoms with Crippen LogP contribution in [-0.4, -0.2) is 32.1 Å². The van der Waals surface area contributed by atoms with E-state index in [0.29, 0.717) is 16.6 Å². The summed E-state index contributed by atoms with van der Waals surface area (Å²) >= 11 is 5.19. The molecule has 0 aromatic heterocycles. The summed E-state index contributed by atoms with van der Waals surface area (Å²) in [5.74, 6) is 1.34. The molecule has 0 atom stereocenters. The van der Waals surface area contributed by atoms with Crippen LogP contribution in [0.15, 0.2) is 53.6 Å². The Balaban J connectivity index is 1.77. The van der Waals surface area contributed by atoms with Crippen LogP contribution in [0.1, 0.15) is 11.1 Å². The molecule has 0 aliphatic carbocycles. The van der Waals surface area contributed by atoms with Gasteiger partial charge in [0.15, 0.2) is 16.6 Å². The van der Waals surface area contributed by atoms with E-state index < -0.39 is 0 Å². The molecule has 2 aromatic rings. The summed E-state index contributed by atoms with van der Waals surface area (Å²) in [5.41, 5.74) is 4.95. The second-order valence-electron chi connectivity index (χ2n) is 4.98. The Kier molecular flexibility index (Phi) is 7.04. The zero-order valence-corrected chi connectivity index (χ0v) is 14.6. The number of hydrogen-bond donors (Lipinski definition) is 2.